The van der Waals surface area contributed by atoms with Gasteiger partial charge in [0.2, 0.25) is 0 Å². The number of rotatable bonds is 4. The molecule has 4 heteroatoms. The summed E-state index contributed by atoms with van der Waals surface area (Å²) >= 11 is 0. The number of hydrogen-bond acceptors (Lipinski definition) is 3. The molecule has 21 heavy (non-hydrogen) atoms. The zero-order valence-corrected chi connectivity index (χ0v) is 12.9. The predicted molar refractivity (Wildman–Crippen MR) is 82.0 cm³/mol. The summed E-state index contributed by atoms with van der Waals surface area (Å²) in [6.07, 6.45) is 1.81. The Hall–Kier alpha value is -1.94. The van der Waals surface area contributed by atoms with E-state index < -0.39 is 0 Å². The summed E-state index contributed by atoms with van der Waals surface area (Å²) in [7, 11) is 0. The van der Waals surface area contributed by atoms with Gasteiger partial charge in [-0.2, -0.15) is 0 Å². The van der Waals surface area contributed by atoms with Crippen LogP contribution in [0.4, 0.5) is 4.39 Å². The molecule has 0 spiro atoms. The van der Waals surface area contributed by atoms with Crippen LogP contribution in [0.2, 0.25) is 0 Å². The number of halogens is 1. The molecule has 0 saturated carbocycles. The molecule has 0 atom stereocenters. The van der Waals surface area contributed by atoms with Gasteiger partial charge in [-0.25, -0.2) is 4.39 Å². The standard InChI is InChI=1S/C17H21FN2O/c1-12-9-16(21-15-7-5-14(18)6-8-15)13(10-19-12)11-20-17(2,3)4/h5-10,20H,11H2,1-4H3. The first kappa shape index (κ1) is 15.4. The maximum atomic E-state index is 12.9. The van der Waals surface area contributed by atoms with E-state index in [4.69, 9.17) is 4.74 Å². The molecule has 1 aromatic carbocycles. The third-order valence-electron chi connectivity index (χ3n) is 2.93. The SMILES string of the molecule is Cc1cc(Oc2ccc(F)cc2)c(CNC(C)(C)C)cn1. The quantitative estimate of drug-likeness (QED) is 0.915. The van der Waals surface area contributed by atoms with Crippen LogP contribution in [0.15, 0.2) is 36.5 Å². The maximum absolute atomic E-state index is 12.9. The predicted octanol–water partition coefficient (Wildman–Crippen LogP) is 4.21. The van der Waals surface area contributed by atoms with Crippen molar-refractivity contribution in [1.29, 1.82) is 0 Å². The lowest BCUT2D eigenvalue weighted by Gasteiger charge is -2.21. The third-order valence-corrected chi connectivity index (χ3v) is 2.93. The van der Waals surface area contributed by atoms with E-state index in [0.717, 1.165) is 17.0 Å². The second-order valence-electron chi connectivity index (χ2n) is 6.09. The summed E-state index contributed by atoms with van der Waals surface area (Å²) in [5.74, 6) is 1.08. The third kappa shape index (κ3) is 4.83. The first-order valence-corrected chi connectivity index (χ1v) is 6.97. The number of ether oxygens (including phenoxy) is 1. The topological polar surface area (TPSA) is 34.1 Å². The van der Waals surface area contributed by atoms with Gasteiger partial charge in [0.15, 0.2) is 0 Å². The van der Waals surface area contributed by atoms with Crippen LogP contribution in [0.25, 0.3) is 0 Å². The molecule has 0 aliphatic rings. The van der Waals surface area contributed by atoms with Crippen LogP contribution in [-0.4, -0.2) is 10.5 Å². The maximum Gasteiger partial charge on any atom is 0.135 e. The fourth-order valence-electron chi connectivity index (χ4n) is 1.78. The molecule has 0 aliphatic heterocycles. The van der Waals surface area contributed by atoms with Gasteiger partial charge in [-0.05, 0) is 52.0 Å². The molecular formula is C17H21FN2O. The molecule has 0 radical (unpaired) electrons. The molecule has 2 aromatic rings. The number of pyridine rings is 1. The van der Waals surface area contributed by atoms with Crippen molar-refractivity contribution in [3.05, 3.63) is 53.6 Å². The van der Waals surface area contributed by atoms with Crippen molar-refractivity contribution < 1.29 is 9.13 Å². The van der Waals surface area contributed by atoms with E-state index in [1.54, 1.807) is 12.1 Å². The molecule has 0 unspecified atom stereocenters. The number of benzene rings is 1. The number of nitrogens with zero attached hydrogens (tertiary/aromatic N) is 1. The van der Waals surface area contributed by atoms with Crippen molar-refractivity contribution in [2.24, 2.45) is 0 Å². The minimum atomic E-state index is -0.275. The molecule has 1 N–H and O–H groups in total. The molecule has 1 aromatic heterocycles. The Kier molecular flexibility index (Phi) is 4.58. The minimum absolute atomic E-state index is 0.0119. The van der Waals surface area contributed by atoms with Crippen molar-refractivity contribution in [1.82, 2.24) is 10.3 Å². The summed E-state index contributed by atoms with van der Waals surface area (Å²) in [5.41, 5.74) is 1.87. The Morgan fingerprint density at radius 3 is 2.48 bits per heavy atom. The summed E-state index contributed by atoms with van der Waals surface area (Å²) in [5, 5.41) is 3.41. The number of hydrogen-bond donors (Lipinski definition) is 1. The molecule has 1 heterocycles. The zero-order chi connectivity index (χ0) is 15.5. The van der Waals surface area contributed by atoms with Crippen LogP contribution in [0, 0.1) is 12.7 Å². The van der Waals surface area contributed by atoms with Crippen molar-refractivity contribution in [2.45, 2.75) is 39.8 Å². The number of aryl methyl sites for hydroxylation is 1. The lowest BCUT2D eigenvalue weighted by molar-refractivity contribution is 0.413. The van der Waals surface area contributed by atoms with Crippen molar-refractivity contribution in [3.63, 3.8) is 0 Å². The van der Waals surface area contributed by atoms with Crippen LogP contribution in [0.5, 0.6) is 11.5 Å². The molecule has 2 rings (SSSR count). The van der Waals surface area contributed by atoms with E-state index >= 15 is 0 Å². The lowest BCUT2D eigenvalue weighted by Crippen LogP contribution is -2.35. The zero-order valence-electron chi connectivity index (χ0n) is 12.9. The van der Waals surface area contributed by atoms with E-state index in [1.807, 2.05) is 19.2 Å². The van der Waals surface area contributed by atoms with Gasteiger partial charge in [0.25, 0.3) is 0 Å². The fraction of sp³-hybridized carbons (Fsp3) is 0.353. The minimum Gasteiger partial charge on any atom is -0.457 e. The van der Waals surface area contributed by atoms with Crippen molar-refractivity contribution in [2.75, 3.05) is 0 Å². The monoisotopic (exact) mass is 288 g/mol. The molecule has 3 nitrogen and oxygen atoms in total. The Morgan fingerprint density at radius 2 is 1.86 bits per heavy atom. The molecule has 0 bridgehead atoms. The Labute approximate surface area is 125 Å². The van der Waals surface area contributed by atoms with Gasteiger partial charge < -0.3 is 10.1 Å². The number of aromatic nitrogens is 1. The lowest BCUT2D eigenvalue weighted by atomic mass is 10.1. The highest BCUT2D eigenvalue weighted by atomic mass is 19.1. The van der Waals surface area contributed by atoms with Crippen LogP contribution in [0.1, 0.15) is 32.0 Å². The molecular weight excluding hydrogens is 267 g/mol. The molecule has 112 valence electrons. The van der Waals surface area contributed by atoms with Gasteiger partial charge in [-0.3, -0.25) is 4.98 Å². The molecule has 0 aliphatic carbocycles. The normalized spacial score (nSPS) is 11.5. The summed E-state index contributed by atoms with van der Waals surface area (Å²) in [6.45, 7) is 8.89. The van der Waals surface area contributed by atoms with E-state index in [1.165, 1.54) is 12.1 Å². The second-order valence-corrected chi connectivity index (χ2v) is 6.09. The molecule has 0 amide bonds. The Balaban J connectivity index is 2.20. The Bertz CT molecular complexity index is 603. The van der Waals surface area contributed by atoms with Gasteiger partial charge in [-0.1, -0.05) is 0 Å². The molecule has 0 fully saturated rings. The first-order valence-electron chi connectivity index (χ1n) is 6.97. The fourth-order valence-corrected chi connectivity index (χ4v) is 1.78. The van der Waals surface area contributed by atoms with Crippen LogP contribution in [0.3, 0.4) is 0 Å². The smallest absolute Gasteiger partial charge is 0.135 e. The van der Waals surface area contributed by atoms with Crippen LogP contribution in [-0.2, 0) is 6.54 Å². The van der Waals surface area contributed by atoms with Crippen LogP contribution >= 0.6 is 0 Å². The highest BCUT2D eigenvalue weighted by molar-refractivity contribution is 5.37. The van der Waals surface area contributed by atoms with Gasteiger partial charge in [0.05, 0.1) is 0 Å². The average Bonchev–Trinajstić information content (AvgIpc) is 2.39. The van der Waals surface area contributed by atoms with Crippen molar-refractivity contribution >= 4 is 0 Å². The highest BCUT2D eigenvalue weighted by Crippen LogP contribution is 2.26. The van der Waals surface area contributed by atoms with E-state index in [9.17, 15) is 4.39 Å². The second kappa shape index (κ2) is 6.22. The van der Waals surface area contributed by atoms with Gasteiger partial charge in [0, 0.05) is 35.6 Å². The van der Waals surface area contributed by atoms with E-state index in [0.29, 0.717) is 12.3 Å². The summed E-state index contributed by atoms with van der Waals surface area (Å²) in [4.78, 5) is 4.32. The van der Waals surface area contributed by atoms with Crippen molar-refractivity contribution in [3.8, 4) is 11.5 Å². The Morgan fingerprint density at radius 1 is 1.19 bits per heavy atom. The summed E-state index contributed by atoms with van der Waals surface area (Å²) in [6, 6.07) is 7.90. The van der Waals surface area contributed by atoms with E-state index in [-0.39, 0.29) is 11.4 Å². The van der Waals surface area contributed by atoms with Gasteiger partial charge in [-0.15, -0.1) is 0 Å². The summed E-state index contributed by atoms with van der Waals surface area (Å²) < 4.78 is 18.8. The highest BCUT2D eigenvalue weighted by Gasteiger charge is 2.12. The van der Waals surface area contributed by atoms with Crippen LogP contribution < -0.4 is 10.1 Å². The molecule has 0 saturated heterocycles. The largest absolute Gasteiger partial charge is 0.457 e. The first-order chi connectivity index (χ1) is 9.83. The average molecular weight is 288 g/mol. The van der Waals surface area contributed by atoms with Gasteiger partial charge >= 0.3 is 0 Å². The number of nitrogens with one attached hydrogen (secondary N) is 1. The van der Waals surface area contributed by atoms with Gasteiger partial charge in [0.1, 0.15) is 17.3 Å². The van der Waals surface area contributed by atoms with E-state index in [2.05, 4.69) is 31.1 Å².